The predicted octanol–water partition coefficient (Wildman–Crippen LogP) is 1.79. The summed E-state index contributed by atoms with van der Waals surface area (Å²) in [6.07, 6.45) is 3.09. The largest absolute Gasteiger partial charge is 0.491 e. The number of aromatic nitrogens is 1. The Morgan fingerprint density at radius 3 is 2.79 bits per heavy atom. The van der Waals surface area contributed by atoms with Crippen LogP contribution in [0.5, 0.6) is 5.75 Å². The molecule has 1 aromatic rings. The summed E-state index contributed by atoms with van der Waals surface area (Å²) in [6, 6.07) is 1.69. The Balaban J connectivity index is 2.47. The molecule has 0 atom stereocenters. The van der Waals surface area contributed by atoms with Gasteiger partial charge in [0.2, 0.25) is 9.05 Å². The highest BCUT2D eigenvalue weighted by Crippen LogP contribution is 2.15. The third-order valence-corrected chi connectivity index (χ3v) is 2.83. The van der Waals surface area contributed by atoms with Crippen LogP contribution in [0.2, 0.25) is 0 Å². The Morgan fingerprint density at radius 1 is 1.50 bits per heavy atom. The molecule has 0 N–H and O–H groups in total. The zero-order valence-corrected chi connectivity index (χ0v) is 10.1. The van der Waals surface area contributed by atoms with Crippen LogP contribution in [0.3, 0.4) is 0 Å². The van der Waals surface area contributed by atoms with E-state index in [0.29, 0.717) is 5.75 Å². The van der Waals surface area contributed by atoms with E-state index in [1.54, 1.807) is 12.3 Å². The van der Waals surface area contributed by atoms with Gasteiger partial charge in [0, 0.05) is 21.4 Å². The molecule has 0 aromatic carbocycles. The molecule has 0 aliphatic heterocycles. The zero-order chi connectivity index (χ0) is 10.6. The monoisotopic (exact) mass is 299 g/mol. The van der Waals surface area contributed by atoms with Gasteiger partial charge in [-0.1, -0.05) is 0 Å². The highest BCUT2D eigenvalue weighted by atomic mass is 79.9. The van der Waals surface area contributed by atoms with Crippen LogP contribution in [0.1, 0.15) is 0 Å². The Morgan fingerprint density at radius 2 is 2.21 bits per heavy atom. The standard InChI is InChI=1S/C7H7BrClNO3S/c8-6-3-7(5-10-4-6)13-1-2-14(9,11)12/h3-5H,1-2H2. The first-order valence-electron chi connectivity index (χ1n) is 3.63. The number of hydrogen-bond acceptors (Lipinski definition) is 4. The number of halogens is 2. The van der Waals surface area contributed by atoms with Crippen molar-refractivity contribution in [1.29, 1.82) is 0 Å². The van der Waals surface area contributed by atoms with Crippen LogP contribution in [0.25, 0.3) is 0 Å². The van der Waals surface area contributed by atoms with Gasteiger partial charge in [-0.2, -0.15) is 0 Å². The summed E-state index contributed by atoms with van der Waals surface area (Å²) >= 11 is 3.21. The van der Waals surface area contributed by atoms with Crippen molar-refractivity contribution in [2.75, 3.05) is 12.4 Å². The first kappa shape index (κ1) is 11.7. The fraction of sp³-hybridized carbons (Fsp3) is 0.286. The van der Waals surface area contributed by atoms with Crippen LogP contribution in [-0.2, 0) is 9.05 Å². The summed E-state index contributed by atoms with van der Waals surface area (Å²) in [7, 11) is 1.51. The molecule has 0 saturated carbocycles. The van der Waals surface area contributed by atoms with E-state index in [9.17, 15) is 8.42 Å². The second kappa shape index (κ2) is 4.95. The second-order valence-corrected chi connectivity index (χ2v) is 6.24. The Bertz CT molecular complexity index is 409. The van der Waals surface area contributed by atoms with Gasteiger partial charge >= 0.3 is 0 Å². The molecular weight excluding hydrogens is 294 g/mol. The third kappa shape index (κ3) is 4.78. The van der Waals surface area contributed by atoms with E-state index in [4.69, 9.17) is 15.4 Å². The molecule has 0 amide bonds. The minimum Gasteiger partial charge on any atom is -0.491 e. The quantitative estimate of drug-likeness (QED) is 0.796. The summed E-state index contributed by atoms with van der Waals surface area (Å²) in [5, 5.41) is 0. The molecule has 1 rings (SSSR count). The lowest BCUT2D eigenvalue weighted by Gasteiger charge is -2.03. The van der Waals surface area contributed by atoms with Crippen molar-refractivity contribution in [1.82, 2.24) is 4.98 Å². The number of rotatable bonds is 4. The van der Waals surface area contributed by atoms with Gasteiger partial charge in [0.05, 0.1) is 11.9 Å². The summed E-state index contributed by atoms with van der Waals surface area (Å²) in [5.41, 5.74) is 0. The molecule has 0 aliphatic carbocycles. The Hall–Kier alpha value is -0.330. The molecule has 0 fully saturated rings. The molecule has 4 nitrogen and oxygen atoms in total. The number of nitrogens with zero attached hydrogens (tertiary/aromatic N) is 1. The normalized spacial score (nSPS) is 11.3. The van der Waals surface area contributed by atoms with Crippen LogP contribution in [0.4, 0.5) is 0 Å². The zero-order valence-electron chi connectivity index (χ0n) is 6.98. The average molecular weight is 301 g/mol. The number of pyridine rings is 1. The van der Waals surface area contributed by atoms with Crippen molar-refractivity contribution in [3.63, 3.8) is 0 Å². The lowest BCUT2D eigenvalue weighted by atomic mass is 10.5. The molecule has 78 valence electrons. The van der Waals surface area contributed by atoms with Crippen molar-refractivity contribution in [3.05, 3.63) is 22.9 Å². The Kier molecular flexibility index (Phi) is 4.15. The maximum atomic E-state index is 10.5. The molecule has 1 aromatic heterocycles. The highest BCUT2D eigenvalue weighted by Gasteiger charge is 2.05. The SMILES string of the molecule is O=S(=O)(Cl)CCOc1cncc(Br)c1. The molecule has 14 heavy (non-hydrogen) atoms. The predicted molar refractivity (Wildman–Crippen MR) is 57.1 cm³/mol. The molecule has 0 aliphatic rings. The molecule has 7 heteroatoms. The van der Waals surface area contributed by atoms with Crippen molar-refractivity contribution >= 4 is 35.7 Å². The van der Waals surface area contributed by atoms with E-state index < -0.39 is 9.05 Å². The smallest absolute Gasteiger partial charge is 0.235 e. The van der Waals surface area contributed by atoms with E-state index in [1.807, 2.05) is 0 Å². The first-order chi connectivity index (χ1) is 6.47. The fourth-order valence-electron chi connectivity index (χ4n) is 0.730. The summed E-state index contributed by atoms with van der Waals surface area (Å²) < 4.78 is 27.0. The summed E-state index contributed by atoms with van der Waals surface area (Å²) in [6.45, 7) is 0.0178. The van der Waals surface area contributed by atoms with Crippen molar-refractivity contribution < 1.29 is 13.2 Å². The van der Waals surface area contributed by atoms with E-state index in [0.717, 1.165) is 4.47 Å². The highest BCUT2D eigenvalue weighted by molar-refractivity contribution is 9.10. The maximum absolute atomic E-state index is 10.5. The van der Waals surface area contributed by atoms with Gasteiger partial charge in [-0.05, 0) is 22.0 Å². The lowest BCUT2D eigenvalue weighted by Crippen LogP contribution is -2.08. The molecule has 0 radical (unpaired) electrons. The van der Waals surface area contributed by atoms with E-state index in [-0.39, 0.29) is 12.4 Å². The number of hydrogen-bond donors (Lipinski definition) is 0. The van der Waals surface area contributed by atoms with Gasteiger partial charge in [-0.25, -0.2) is 8.42 Å². The van der Waals surface area contributed by atoms with Gasteiger partial charge < -0.3 is 4.74 Å². The molecule has 0 unspecified atom stereocenters. The van der Waals surface area contributed by atoms with Crippen LogP contribution in [0, 0.1) is 0 Å². The average Bonchev–Trinajstić information content (AvgIpc) is 2.01. The van der Waals surface area contributed by atoms with Gasteiger partial charge in [0.25, 0.3) is 0 Å². The van der Waals surface area contributed by atoms with Crippen molar-refractivity contribution in [2.24, 2.45) is 0 Å². The molecule has 0 bridgehead atoms. The summed E-state index contributed by atoms with van der Waals surface area (Å²) in [5.74, 6) is 0.279. The van der Waals surface area contributed by atoms with Crippen molar-refractivity contribution in [2.45, 2.75) is 0 Å². The van der Waals surface area contributed by atoms with Gasteiger partial charge in [-0.3, -0.25) is 4.98 Å². The van der Waals surface area contributed by atoms with Gasteiger partial charge in [0.1, 0.15) is 12.4 Å². The van der Waals surface area contributed by atoms with E-state index >= 15 is 0 Å². The van der Waals surface area contributed by atoms with Gasteiger partial charge in [0.15, 0.2) is 0 Å². The van der Waals surface area contributed by atoms with E-state index in [2.05, 4.69) is 20.9 Å². The first-order valence-corrected chi connectivity index (χ1v) is 6.90. The Labute approximate surface area is 94.8 Å². The number of ether oxygens (including phenoxy) is 1. The molecular formula is C7H7BrClNO3S. The summed E-state index contributed by atoms with van der Waals surface area (Å²) in [4.78, 5) is 3.84. The molecule has 0 saturated heterocycles. The topological polar surface area (TPSA) is 56.3 Å². The second-order valence-electron chi connectivity index (χ2n) is 2.43. The lowest BCUT2D eigenvalue weighted by molar-refractivity contribution is 0.340. The maximum Gasteiger partial charge on any atom is 0.235 e. The third-order valence-electron chi connectivity index (χ3n) is 1.28. The fourth-order valence-corrected chi connectivity index (χ4v) is 1.55. The minimum atomic E-state index is -3.49. The van der Waals surface area contributed by atoms with Gasteiger partial charge in [-0.15, -0.1) is 0 Å². The van der Waals surface area contributed by atoms with Crippen LogP contribution in [-0.4, -0.2) is 25.8 Å². The van der Waals surface area contributed by atoms with E-state index in [1.165, 1.54) is 6.20 Å². The minimum absolute atomic E-state index is 0.0178. The van der Waals surface area contributed by atoms with Crippen molar-refractivity contribution in [3.8, 4) is 5.75 Å². The van der Waals surface area contributed by atoms with Crippen LogP contribution in [0.15, 0.2) is 22.9 Å². The van der Waals surface area contributed by atoms with Crippen LogP contribution >= 0.6 is 26.6 Å². The molecule has 0 spiro atoms. The van der Waals surface area contributed by atoms with Crippen LogP contribution < -0.4 is 4.74 Å². The molecule has 1 heterocycles.